The number of rotatable bonds is 12. The monoisotopic (exact) mass is 626 g/mol. The standard InChI is InChI=1S/C36H58O5Si2/c1-13-14-17-25(2)29(40-42(9,10)35(3,4)5)23-22-27-30(41-43(11,12)36(6,7)8)24-31-33(27)28-20-15-18-26(34(28)39-31)19-16-21-32(37)38/h15,18,20,22-23,25,27,29-31,33H,16-17,19,21,24H2,1-12H3,(H,37,38)/b23-22+/t25-,27-,29+,30?,31-,33-/m0/s1. The van der Waals surface area contributed by atoms with Gasteiger partial charge in [0.2, 0.25) is 0 Å². The Morgan fingerprint density at radius 2 is 1.77 bits per heavy atom. The maximum Gasteiger partial charge on any atom is 0.303 e. The molecule has 1 heterocycles. The molecule has 1 saturated carbocycles. The van der Waals surface area contributed by atoms with E-state index in [0.717, 1.165) is 24.2 Å². The van der Waals surface area contributed by atoms with Crippen LogP contribution in [-0.4, -0.2) is 46.0 Å². The molecule has 2 aliphatic rings. The molecule has 1 aliphatic heterocycles. The molecule has 0 spiro atoms. The maximum atomic E-state index is 11.2. The van der Waals surface area contributed by atoms with Gasteiger partial charge in [0.1, 0.15) is 11.9 Å². The molecule has 1 aromatic carbocycles. The molecular weight excluding hydrogens is 569 g/mol. The number of hydrogen-bond acceptors (Lipinski definition) is 4. The number of carboxylic acid groups (broad SMARTS) is 1. The normalized spacial score (nSPS) is 23.7. The Labute approximate surface area is 264 Å². The molecule has 0 aromatic heterocycles. The molecule has 0 saturated heterocycles. The van der Waals surface area contributed by atoms with Gasteiger partial charge in [-0.25, -0.2) is 0 Å². The minimum atomic E-state index is -2.04. The van der Waals surface area contributed by atoms with Crippen molar-refractivity contribution in [2.45, 2.75) is 148 Å². The second kappa shape index (κ2) is 13.6. The summed E-state index contributed by atoms with van der Waals surface area (Å²) in [6, 6.07) is 6.41. The summed E-state index contributed by atoms with van der Waals surface area (Å²) in [5, 5.41) is 9.39. The quantitative estimate of drug-likeness (QED) is 0.142. The van der Waals surface area contributed by atoms with Crippen LogP contribution in [0.1, 0.15) is 98.1 Å². The van der Waals surface area contributed by atoms with E-state index in [1.165, 1.54) is 5.56 Å². The molecule has 1 fully saturated rings. The first-order valence-electron chi connectivity index (χ1n) is 16.2. The van der Waals surface area contributed by atoms with Gasteiger partial charge in [-0.15, -0.1) is 11.8 Å². The van der Waals surface area contributed by atoms with Crippen LogP contribution in [0.3, 0.4) is 0 Å². The zero-order chi connectivity index (χ0) is 32.4. The largest absolute Gasteiger partial charge is 0.489 e. The van der Waals surface area contributed by atoms with E-state index in [-0.39, 0.29) is 52.6 Å². The molecule has 1 aliphatic carbocycles. The SMILES string of the molecule is CC#CC[C@H](C)[C@@H](/C=C/[C@H]1C(O[Si](C)(C)C(C)(C)C)C[C@@H]2Oc3c(CCCC(=O)O)cccc3[C@@H]21)O[Si](C)(C)C(C)(C)C. The van der Waals surface area contributed by atoms with Gasteiger partial charge in [-0.1, -0.05) is 78.8 Å². The molecule has 1 unspecified atom stereocenters. The van der Waals surface area contributed by atoms with Crippen LogP contribution in [0.15, 0.2) is 30.4 Å². The predicted octanol–water partition coefficient (Wildman–Crippen LogP) is 9.34. The minimum Gasteiger partial charge on any atom is -0.489 e. The molecule has 1 aromatic rings. The summed E-state index contributed by atoms with van der Waals surface area (Å²) in [5.41, 5.74) is 2.35. The molecule has 6 atom stereocenters. The van der Waals surface area contributed by atoms with Gasteiger partial charge in [-0.05, 0) is 67.5 Å². The Morgan fingerprint density at radius 1 is 1.12 bits per heavy atom. The molecule has 1 N–H and O–H groups in total. The zero-order valence-electron chi connectivity index (χ0n) is 29.0. The van der Waals surface area contributed by atoms with Crippen molar-refractivity contribution in [2.24, 2.45) is 11.8 Å². The topological polar surface area (TPSA) is 65.0 Å². The molecular formula is C36H58O5Si2. The number of carboxylic acids is 1. The van der Waals surface area contributed by atoms with Crippen LogP contribution in [0, 0.1) is 23.7 Å². The summed E-state index contributed by atoms with van der Waals surface area (Å²) in [6.07, 6.45) is 7.93. The number of fused-ring (bicyclic) bond motifs is 3. The average molecular weight is 627 g/mol. The van der Waals surface area contributed by atoms with Crippen molar-refractivity contribution in [1.82, 2.24) is 0 Å². The van der Waals surface area contributed by atoms with Gasteiger partial charge in [0, 0.05) is 36.7 Å². The summed E-state index contributed by atoms with van der Waals surface area (Å²) in [5.74, 6) is 7.20. The molecule has 240 valence electrons. The first-order valence-corrected chi connectivity index (χ1v) is 22.0. The molecule has 43 heavy (non-hydrogen) atoms. The van der Waals surface area contributed by atoms with E-state index in [2.05, 4.69) is 117 Å². The van der Waals surface area contributed by atoms with E-state index < -0.39 is 22.6 Å². The third kappa shape index (κ3) is 8.45. The van der Waals surface area contributed by atoms with Crippen LogP contribution in [0.4, 0.5) is 0 Å². The van der Waals surface area contributed by atoms with Crippen LogP contribution in [0.25, 0.3) is 0 Å². The number of carbonyl (C=O) groups is 1. The van der Waals surface area contributed by atoms with E-state index in [1.54, 1.807) is 0 Å². The highest BCUT2D eigenvalue weighted by atomic mass is 28.4. The van der Waals surface area contributed by atoms with Crippen molar-refractivity contribution in [2.75, 3.05) is 0 Å². The smallest absolute Gasteiger partial charge is 0.303 e. The first-order chi connectivity index (χ1) is 19.8. The lowest BCUT2D eigenvalue weighted by molar-refractivity contribution is -0.137. The van der Waals surface area contributed by atoms with E-state index >= 15 is 0 Å². The fourth-order valence-electron chi connectivity index (χ4n) is 5.73. The highest BCUT2D eigenvalue weighted by Crippen LogP contribution is 2.54. The van der Waals surface area contributed by atoms with Crippen molar-refractivity contribution in [3.63, 3.8) is 0 Å². The fraction of sp³-hybridized carbons (Fsp3) is 0.694. The third-order valence-electron chi connectivity index (χ3n) is 10.5. The van der Waals surface area contributed by atoms with E-state index in [9.17, 15) is 9.90 Å². The zero-order valence-corrected chi connectivity index (χ0v) is 31.0. The summed E-state index contributed by atoms with van der Waals surface area (Å²) in [7, 11) is -4.07. The lowest BCUT2D eigenvalue weighted by Gasteiger charge is -2.41. The van der Waals surface area contributed by atoms with Gasteiger partial charge >= 0.3 is 5.97 Å². The highest BCUT2D eigenvalue weighted by Gasteiger charge is 2.52. The summed E-state index contributed by atoms with van der Waals surface area (Å²) >= 11 is 0. The number of aryl methyl sites for hydroxylation is 1. The van der Waals surface area contributed by atoms with Crippen molar-refractivity contribution in [3.8, 4) is 17.6 Å². The maximum absolute atomic E-state index is 11.2. The van der Waals surface area contributed by atoms with Crippen LogP contribution in [0.5, 0.6) is 5.75 Å². The molecule has 7 heteroatoms. The summed E-state index contributed by atoms with van der Waals surface area (Å²) in [4.78, 5) is 11.2. The van der Waals surface area contributed by atoms with Crippen LogP contribution >= 0.6 is 0 Å². The molecule has 0 bridgehead atoms. The van der Waals surface area contributed by atoms with Crippen molar-refractivity contribution in [3.05, 3.63) is 41.5 Å². The lowest BCUT2D eigenvalue weighted by Crippen LogP contribution is -2.45. The van der Waals surface area contributed by atoms with Gasteiger partial charge in [0.05, 0.1) is 12.2 Å². The number of ether oxygens (including phenoxy) is 1. The van der Waals surface area contributed by atoms with Crippen LogP contribution in [-0.2, 0) is 20.1 Å². The fourth-order valence-corrected chi connectivity index (χ4v) is 8.44. The summed E-state index contributed by atoms with van der Waals surface area (Å²) in [6.45, 7) is 27.3. The first kappa shape index (κ1) is 35.6. The van der Waals surface area contributed by atoms with Crippen molar-refractivity contribution < 1.29 is 23.5 Å². The number of para-hydroxylation sites is 1. The average Bonchev–Trinajstić information content (AvgIpc) is 3.39. The Hall–Kier alpha value is -1.86. The van der Waals surface area contributed by atoms with E-state index in [1.807, 2.05) is 6.92 Å². The molecule has 3 rings (SSSR count). The lowest BCUT2D eigenvalue weighted by atomic mass is 9.86. The van der Waals surface area contributed by atoms with Crippen LogP contribution in [0.2, 0.25) is 36.3 Å². The Balaban J connectivity index is 2.02. The molecule has 0 amide bonds. The third-order valence-corrected chi connectivity index (χ3v) is 19.5. The summed E-state index contributed by atoms with van der Waals surface area (Å²) < 4.78 is 20.9. The molecule has 0 radical (unpaired) electrons. The Kier molecular flexibility index (Phi) is 11.3. The van der Waals surface area contributed by atoms with Crippen LogP contribution < -0.4 is 4.74 Å². The van der Waals surface area contributed by atoms with E-state index in [0.29, 0.717) is 12.8 Å². The second-order valence-corrected chi connectivity index (χ2v) is 25.3. The Morgan fingerprint density at radius 3 is 2.35 bits per heavy atom. The molecule has 5 nitrogen and oxygen atoms in total. The van der Waals surface area contributed by atoms with Gasteiger partial charge in [-0.3, -0.25) is 4.79 Å². The minimum absolute atomic E-state index is 0.0292. The van der Waals surface area contributed by atoms with Gasteiger partial charge in [-0.2, -0.15) is 0 Å². The van der Waals surface area contributed by atoms with Gasteiger partial charge < -0.3 is 18.7 Å². The van der Waals surface area contributed by atoms with Gasteiger partial charge in [0.15, 0.2) is 16.6 Å². The van der Waals surface area contributed by atoms with E-state index in [4.69, 9.17) is 13.6 Å². The predicted molar refractivity (Wildman–Crippen MR) is 183 cm³/mol. The Bertz CT molecular complexity index is 1210. The number of aliphatic carboxylic acids is 1. The van der Waals surface area contributed by atoms with Crippen molar-refractivity contribution >= 4 is 22.6 Å². The highest BCUT2D eigenvalue weighted by molar-refractivity contribution is 6.74. The van der Waals surface area contributed by atoms with Crippen molar-refractivity contribution in [1.29, 1.82) is 0 Å². The number of hydrogen-bond donors (Lipinski definition) is 1. The number of benzene rings is 1. The van der Waals surface area contributed by atoms with Gasteiger partial charge in [0.25, 0.3) is 0 Å². The second-order valence-electron chi connectivity index (χ2n) is 15.8.